The fourth-order valence-electron chi connectivity index (χ4n) is 3.44. The second-order valence-electron chi connectivity index (χ2n) is 8.18. The third-order valence-electron chi connectivity index (χ3n) is 5.32. The maximum Gasteiger partial charge on any atom is 0.306 e. The molecule has 0 aliphatic heterocycles. The number of aliphatic carboxylic acids is 1. The van der Waals surface area contributed by atoms with E-state index in [2.05, 4.69) is 19.1 Å². The van der Waals surface area contributed by atoms with E-state index in [1.165, 1.54) is 0 Å². The van der Waals surface area contributed by atoms with Crippen LogP contribution in [0.1, 0.15) is 117 Å². The second kappa shape index (κ2) is 19.2. The van der Waals surface area contributed by atoms with Crippen molar-refractivity contribution in [2.75, 3.05) is 0 Å². The molecule has 0 aliphatic rings. The number of unbranched alkanes of at least 4 members (excludes halogenated alkanes) is 8. The maximum atomic E-state index is 11.2. The topological polar surface area (TPSA) is 74.6 Å². The molecule has 0 spiro atoms. The lowest BCUT2D eigenvalue weighted by molar-refractivity contribution is -0.142. The molecule has 1 unspecified atom stereocenters. The smallest absolute Gasteiger partial charge is 0.306 e. The van der Waals surface area contributed by atoms with Crippen molar-refractivity contribution in [2.45, 2.75) is 123 Å². The number of rotatable bonds is 20. The molecule has 0 heterocycles. The zero-order chi connectivity index (χ0) is 21.0. The van der Waals surface area contributed by atoms with E-state index in [0.717, 1.165) is 96.3 Å². The molecular formula is C24H44O4. The summed E-state index contributed by atoms with van der Waals surface area (Å²) >= 11 is 0. The van der Waals surface area contributed by atoms with Crippen molar-refractivity contribution in [3.8, 4) is 0 Å². The van der Waals surface area contributed by atoms with Crippen LogP contribution in [0.4, 0.5) is 0 Å². The molecule has 28 heavy (non-hydrogen) atoms. The number of aliphatic hydroxyl groups excluding tert-OH is 1. The van der Waals surface area contributed by atoms with Gasteiger partial charge in [0.05, 0.1) is 12.0 Å². The van der Waals surface area contributed by atoms with Crippen LogP contribution < -0.4 is 0 Å². The van der Waals surface area contributed by atoms with E-state index in [-0.39, 0.29) is 17.8 Å². The molecule has 0 fully saturated rings. The second-order valence-corrected chi connectivity index (χ2v) is 8.18. The van der Waals surface area contributed by atoms with Gasteiger partial charge in [0.15, 0.2) is 0 Å². The lowest BCUT2D eigenvalue weighted by atomic mass is 9.95. The first-order valence-corrected chi connectivity index (χ1v) is 11.5. The molecule has 0 radical (unpaired) electrons. The summed E-state index contributed by atoms with van der Waals surface area (Å²) in [5.41, 5.74) is 0. The van der Waals surface area contributed by atoms with Crippen LogP contribution in [0.25, 0.3) is 0 Å². The van der Waals surface area contributed by atoms with Crippen LogP contribution >= 0.6 is 0 Å². The van der Waals surface area contributed by atoms with Gasteiger partial charge in [-0.25, -0.2) is 0 Å². The van der Waals surface area contributed by atoms with E-state index in [4.69, 9.17) is 0 Å². The zero-order valence-corrected chi connectivity index (χ0v) is 18.3. The van der Waals surface area contributed by atoms with Gasteiger partial charge in [-0.05, 0) is 51.9 Å². The van der Waals surface area contributed by atoms with E-state index in [9.17, 15) is 19.8 Å². The Morgan fingerprint density at radius 3 is 2.07 bits per heavy atom. The first kappa shape index (κ1) is 26.8. The van der Waals surface area contributed by atoms with Crippen LogP contribution in [0.3, 0.4) is 0 Å². The predicted octanol–water partition coefficient (Wildman–Crippen LogP) is 6.45. The van der Waals surface area contributed by atoms with E-state index in [0.29, 0.717) is 6.42 Å². The summed E-state index contributed by atoms with van der Waals surface area (Å²) in [5.74, 6) is -0.525. The minimum absolute atomic E-state index is 0.157. The van der Waals surface area contributed by atoms with Crippen molar-refractivity contribution in [3.05, 3.63) is 12.2 Å². The number of hydrogen-bond acceptors (Lipinski definition) is 3. The first-order valence-electron chi connectivity index (χ1n) is 11.5. The van der Waals surface area contributed by atoms with Crippen LogP contribution in [0, 0.1) is 5.92 Å². The molecule has 0 amide bonds. The van der Waals surface area contributed by atoms with Crippen LogP contribution in [-0.4, -0.2) is 28.1 Å². The van der Waals surface area contributed by atoms with Crippen molar-refractivity contribution >= 4 is 11.8 Å². The lowest BCUT2D eigenvalue weighted by Gasteiger charge is -2.11. The average Bonchev–Trinajstić information content (AvgIpc) is 2.64. The highest BCUT2D eigenvalue weighted by Gasteiger charge is 2.15. The summed E-state index contributed by atoms with van der Waals surface area (Å²) in [6.45, 7) is 3.74. The Labute approximate surface area is 172 Å². The minimum atomic E-state index is -0.633. The zero-order valence-electron chi connectivity index (χ0n) is 18.3. The number of carbonyl (C=O) groups is 2. The molecule has 164 valence electrons. The van der Waals surface area contributed by atoms with E-state index >= 15 is 0 Å². The molecule has 0 aromatic heterocycles. The van der Waals surface area contributed by atoms with Gasteiger partial charge in [0.25, 0.3) is 0 Å². The van der Waals surface area contributed by atoms with Gasteiger partial charge in [-0.15, -0.1) is 0 Å². The van der Waals surface area contributed by atoms with Crippen LogP contribution in [-0.2, 0) is 9.59 Å². The predicted molar refractivity (Wildman–Crippen MR) is 116 cm³/mol. The number of aliphatic hydroxyl groups is 1. The number of carbonyl (C=O) groups excluding carboxylic acids is 1. The Bertz CT molecular complexity index is 417. The molecular weight excluding hydrogens is 352 g/mol. The molecule has 0 rings (SSSR count). The Morgan fingerprint density at radius 1 is 0.821 bits per heavy atom. The number of carboxylic acid groups (broad SMARTS) is 1. The van der Waals surface area contributed by atoms with Gasteiger partial charge in [-0.1, -0.05) is 70.4 Å². The Balaban J connectivity index is 3.51. The summed E-state index contributed by atoms with van der Waals surface area (Å²) < 4.78 is 0. The molecule has 0 bridgehead atoms. The Morgan fingerprint density at radius 2 is 1.43 bits per heavy atom. The van der Waals surface area contributed by atoms with E-state index in [1.807, 2.05) is 0 Å². The summed E-state index contributed by atoms with van der Waals surface area (Å²) in [4.78, 5) is 22.0. The molecule has 0 aromatic rings. The molecule has 0 aliphatic carbocycles. The maximum absolute atomic E-state index is 11.2. The number of allylic oxidation sites excluding steroid dienone is 1. The van der Waals surface area contributed by atoms with Crippen LogP contribution in [0.2, 0.25) is 0 Å². The molecule has 0 aromatic carbocycles. The summed E-state index contributed by atoms with van der Waals surface area (Å²) in [7, 11) is 0. The van der Waals surface area contributed by atoms with Crippen LogP contribution in [0.15, 0.2) is 12.2 Å². The third-order valence-corrected chi connectivity index (χ3v) is 5.32. The summed E-state index contributed by atoms with van der Waals surface area (Å²) in [6, 6.07) is 0. The van der Waals surface area contributed by atoms with Gasteiger partial charge in [0, 0.05) is 6.42 Å². The van der Waals surface area contributed by atoms with Gasteiger partial charge < -0.3 is 15.0 Å². The van der Waals surface area contributed by atoms with E-state index in [1.54, 1.807) is 6.92 Å². The number of ketones is 1. The van der Waals surface area contributed by atoms with Gasteiger partial charge in [0.2, 0.25) is 0 Å². The fourth-order valence-corrected chi connectivity index (χ4v) is 3.44. The minimum Gasteiger partial charge on any atom is -0.481 e. The molecule has 0 saturated heterocycles. The quantitative estimate of drug-likeness (QED) is 0.183. The van der Waals surface area contributed by atoms with Crippen molar-refractivity contribution in [1.82, 2.24) is 0 Å². The van der Waals surface area contributed by atoms with Gasteiger partial charge in [-0.3, -0.25) is 4.79 Å². The standard InChI is InChI=1S/C24H44O4/c1-3-4-17-22(24(27)28)18-13-8-6-5-7-9-14-19-23(26)20-15-11-10-12-16-21(2)25/h9,14,22-23,26H,3-8,10-13,15-20H2,1-2H3,(H,27,28)/t22?,23-/m0/s1. The first-order chi connectivity index (χ1) is 13.5. The van der Waals surface area contributed by atoms with Gasteiger partial charge in [-0.2, -0.15) is 0 Å². The monoisotopic (exact) mass is 396 g/mol. The Hall–Kier alpha value is -1.16. The average molecular weight is 397 g/mol. The highest BCUT2D eigenvalue weighted by atomic mass is 16.4. The van der Waals surface area contributed by atoms with E-state index < -0.39 is 5.97 Å². The largest absolute Gasteiger partial charge is 0.481 e. The summed E-state index contributed by atoms with van der Waals surface area (Å²) in [5, 5.41) is 19.2. The SMILES string of the molecule is CCCCC(CCCCCCC=CC[C@H](O)CCCCCCC(C)=O)C(=O)O. The van der Waals surface area contributed by atoms with Gasteiger partial charge >= 0.3 is 5.97 Å². The van der Waals surface area contributed by atoms with Crippen molar-refractivity contribution in [2.24, 2.45) is 5.92 Å². The number of Topliss-reactive ketones (excluding diaryl/α,β-unsaturated/α-hetero) is 1. The van der Waals surface area contributed by atoms with Crippen molar-refractivity contribution < 1.29 is 19.8 Å². The molecule has 2 N–H and O–H groups in total. The van der Waals surface area contributed by atoms with Crippen molar-refractivity contribution in [3.63, 3.8) is 0 Å². The normalized spacial score (nSPS) is 13.7. The third kappa shape index (κ3) is 18.2. The number of carboxylic acids is 1. The molecule has 2 atom stereocenters. The highest BCUT2D eigenvalue weighted by Crippen LogP contribution is 2.18. The lowest BCUT2D eigenvalue weighted by Crippen LogP contribution is -2.13. The van der Waals surface area contributed by atoms with Gasteiger partial charge in [0.1, 0.15) is 5.78 Å². The Kier molecular flexibility index (Phi) is 18.4. The van der Waals surface area contributed by atoms with Crippen LogP contribution in [0.5, 0.6) is 0 Å². The molecule has 4 heteroatoms. The highest BCUT2D eigenvalue weighted by molar-refractivity contribution is 5.75. The molecule has 4 nitrogen and oxygen atoms in total. The van der Waals surface area contributed by atoms with Crippen molar-refractivity contribution in [1.29, 1.82) is 0 Å². The molecule has 0 saturated carbocycles. The fraction of sp³-hybridized carbons (Fsp3) is 0.833. The number of hydrogen-bond donors (Lipinski definition) is 2. The summed E-state index contributed by atoms with van der Waals surface area (Å²) in [6.07, 6.45) is 19.6.